The van der Waals surface area contributed by atoms with Crippen molar-refractivity contribution in [3.8, 4) is 0 Å². The van der Waals surface area contributed by atoms with E-state index in [1.54, 1.807) is 25.9 Å². The number of anilines is 2. The molecule has 0 atom stereocenters. The second-order valence-corrected chi connectivity index (χ2v) is 3.61. The topological polar surface area (TPSA) is 104 Å². The highest BCUT2D eigenvalue weighted by Gasteiger charge is 2.23. The molecular weight excluding hydrogens is 226 g/mol. The maximum absolute atomic E-state index is 10.9. The first kappa shape index (κ1) is 13.1. The van der Waals surface area contributed by atoms with E-state index in [1.807, 2.05) is 0 Å². The number of rotatable bonds is 5. The van der Waals surface area contributed by atoms with Gasteiger partial charge in [0, 0.05) is 20.6 Å². The summed E-state index contributed by atoms with van der Waals surface area (Å²) in [5.41, 5.74) is 0.179. The first-order valence-electron chi connectivity index (χ1n) is 5.02. The highest BCUT2D eigenvalue weighted by molar-refractivity contribution is 5.61. The van der Waals surface area contributed by atoms with Gasteiger partial charge in [0.15, 0.2) is 0 Å². The van der Waals surface area contributed by atoms with Gasteiger partial charge in [0.25, 0.3) is 0 Å². The van der Waals surface area contributed by atoms with Crippen molar-refractivity contribution in [1.82, 2.24) is 9.97 Å². The first-order chi connectivity index (χ1) is 7.97. The van der Waals surface area contributed by atoms with Gasteiger partial charge in [-0.2, -0.15) is 4.98 Å². The lowest BCUT2D eigenvalue weighted by molar-refractivity contribution is -0.385. The van der Waals surface area contributed by atoms with Gasteiger partial charge in [0.1, 0.15) is 5.69 Å². The number of aryl methyl sites for hydroxylation is 1. The lowest BCUT2D eigenvalue weighted by atomic mass is 10.3. The molecule has 0 radical (unpaired) electrons. The van der Waals surface area contributed by atoms with Gasteiger partial charge >= 0.3 is 5.69 Å². The van der Waals surface area contributed by atoms with Crippen LogP contribution in [0.3, 0.4) is 0 Å². The van der Waals surface area contributed by atoms with Gasteiger partial charge in [0.05, 0.1) is 11.5 Å². The summed E-state index contributed by atoms with van der Waals surface area (Å²) in [7, 11) is 3.34. The normalized spacial score (nSPS) is 10.1. The largest absolute Gasteiger partial charge is 0.395 e. The average Bonchev–Trinajstić information content (AvgIpc) is 2.24. The quantitative estimate of drug-likeness (QED) is 0.559. The summed E-state index contributed by atoms with van der Waals surface area (Å²) in [5.74, 6) is 0.508. The summed E-state index contributed by atoms with van der Waals surface area (Å²) >= 11 is 0. The Morgan fingerprint density at radius 1 is 1.47 bits per heavy atom. The molecule has 0 saturated heterocycles. The smallest absolute Gasteiger partial charge is 0.332 e. The zero-order chi connectivity index (χ0) is 13.0. The third-order valence-electron chi connectivity index (χ3n) is 2.04. The Kier molecular flexibility index (Phi) is 4.16. The van der Waals surface area contributed by atoms with Crippen LogP contribution >= 0.6 is 0 Å². The Labute approximate surface area is 98.5 Å². The molecule has 94 valence electrons. The van der Waals surface area contributed by atoms with E-state index in [1.165, 1.54) is 0 Å². The van der Waals surface area contributed by atoms with E-state index < -0.39 is 4.92 Å². The summed E-state index contributed by atoms with van der Waals surface area (Å²) in [6, 6.07) is 0. The molecule has 0 fully saturated rings. The van der Waals surface area contributed by atoms with E-state index in [2.05, 4.69) is 15.3 Å². The lowest BCUT2D eigenvalue weighted by Gasteiger charge is -2.14. The van der Waals surface area contributed by atoms with Crippen LogP contribution in [0.25, 0.3) is 0 Å². The van der Waals surface area contributed by atoms with E-state index in [9.17, 15) is 10.1 Å². The minimum atomic E-state index is -0.500. The third-order valence-corrected chi connectivity index (χ3v) is 2.04. The third kappa shape index (κ3) is 3.00. The second kappa shape index (κ2) is 5.39. The van der Waals surface area contributed by atoms with Crippen LogP contribution in [-0.2, 0) is 0 Å². The van der Waals surface area contributed by atoms with Crippen molar-refractivity contribution >= 4 is 17.5 Å². The molecule has 0 unspecified atom stereocenters. The van der Waals surface area contributed by atoms with E-state index >= 15 is 0 Å². The molecule has 8 nitrogen and oxygen atoms in total. The highest BCUT2D eigenvalue weighted by Crippen LogP contribution is 2.28. The Balaban J connectivity index is 3.21. The van der Waals surface area contributed by atoms with Gasteiger partial charge in [-0.3, -0.25) is 10.1 Å². The number of aromatic nitrogens is 2. The molecule has 1 rings (SSSR count). The average molecular weight is 241 g/mol. The number of hydrogen-bond donors (Lipinski definition) is 2. The first-order valence-corrected chi connectivity index (χ1v) is 5.02. The number of nitrogens with zero attached hydrogens (tertiary/aromatic N) is 4. The number of aliphatic hydroxyl groups is 1. The molecule has 8 heteroatoms. The molecule has 0 bridgehead atoms. The van der Waals surface area contributed by atoms with Crippen molar-refractivity contribution in [1.29, 1.82) is 0 Å². The summed E-state index contributed by atoms with van der Waals surface area (Å²) in [5, 5.41) is 22.4. The van der Waals surface area contributed by atoms with Gasteiger partial charge in [-0.15, -0.1) is 0 Å². The molecule has 0 amide bonds. The molecule has 17 heavy (non-hydrogen) atoms. The standard InChI is InChI=1S/C9H15N5O3/c1-6-7(14(16)17)8(13(2)3)12-9(11-6)10-4-5-15/h15H,4-5H2,1-3H3,(H,10,11,12). The summed E-state index contributed by atoms with van der Waals surface area (Å²) in [6.07, 6.45) is 0. The molecule has 0 aliphatic heterocycles. The lowest BCUT2D eigenvalue weighted by Crippen LogP contribution is -2.17. The molecule has 2 N–H and O–H groups in total. The zero-order valence-corrected chi connectivity index (χ0v) is 9.97. The molecule has 1 heterocycles. The summed E-state index contributed by atoms with van der Waals surface area (Å²) in [6.45, 7) is 1.79. The number of nitrogens with one attached hydrogen (secondary N) is 1. The van der Waals surface area contributed by atoms with Crippen molar-refractivity contribution in [2.24, 2.45) is 0 Å². The molecule has 0 aromatic carbocycles. The number of nitro groups is 1. The predicted molar refractivity (Wildman–Crippen MR) is 63.3 cm³/mol. The van der Waals surface area contributed by atoms with Crippen molar-refractivity contribution in [2.45, 2.75) is 6.92 Å². The molecule has 0 spiro atoms. The fraction of sp³-hybridized carbons (Fsp3) is 0.556. The minimum absolute atomic E-state index is 0.0588. The molecule has 1 aromatic rings. The Bertz CT molecular complexity index is 421. The second-order valence-electron chi connectivity index (χ2n) is 3.61. The van der Waals surface area contributed by atoms with Crippen molar-refractivity contribution < 1.29 is 10.0 Å². The van der Waals surface area contributed by atoms with Crippen LogP contribution in [-0.4, -0.2) is 47.2 Å². The molecule has 0 aliphatic rings. The monoisotopic (exact) mass is 241 g/mol. The molecule has 0 saturated carbocycles. The minimum Gasteiger partial charge on any atom is -0.395 e. The van der Waals surface area contributed by atoms with Crippen LogP contribution < -0.4 is 10.2 Å². The summed E-state index contributed by atoms with van der Waals surface area (Å²) < 4.78 is 0. The van der Waals surface area contributed by atoms with Gasteiger partial charge in [-0.25, -0.2) is 4.98 Å². The summed E-state index contributed by atoms with van der Waals surface area (Å²) in [4.78, 5) is 20.0. The Morgan fingerprint density at radius 3 is 2.59 bits per heavy atom. The van der Waals surface area contributed by atoms with Gasteiger partial charge < -0.3 is 15.3 Å². The highest BCUT2D eigenvalue weighted by atomic mass is 16.6. The Morgan fingerprint density at radius 2 is 2.12 bits per heavy atom. The maximum atomic E-state index is 10.9. The fourth-order valence-electron chi connectivity index (χ4n) is 1.32. The van der Waals surface area contributed by atoms with Crippen LogP contribution in [0.2, 0.25) is 0 Å². The fourth-order valence-corrected chi connectivity index (χ4v) is 1.32. The van der Waals surface area contributed by atoms with E-state index in [-0.39, 0.29) is 29.8 Å². The van der Waals surface area contributed by atoms with Crippen LogP contribution in [0.5, 0.6) is 0 Å². The number of hydrogen-bond acceptors (Lipinski definition) is 7. The number of aliphatic hydroxyl groups excluding tert-OH is 1. The van der Waals surface area contributed by atoms with Crippen LogP contribution in [0.15, 0.2) is 0 Å². The van der Waals surface area contributed by atoms with Crippen LogP contribution in [0.1, 0.15) is 5.69 Å². The maximum Gasteiger partial charge on any atom is 0.332 e. The van der Waals surface area contributed by atoms with E-state index in [0.717, 1.165) is 0 Å². The zero-order valence-electron chi connectivity index (χ0n) is 9.97. The van der Waals surface area contributed by atoms with Gasteiger partial charge in [0.2, 0.25) is 11.8 Å². The van der Waals surface area contributed by atoms with Gasteiger partial charge in [-0.05, 0) is 6.92 Å². The van der Waals surface area contributed by atoms with Crippen molar-refractivity contribution in [3.63, 3.8) is 0 Å². The predicted octanol–water partition coefficient (Wildman–Crippen LogP) is 0.163. The van der Waals surface area contributed by atoms with Crippen molar-refractivity contribution in [2.75, 3.05) is 37.5 Å². The molecule has 1 aromatic heterocycles. The van der Waals surface area contributed by atoms with Crippen molar-refractivity contribution in [3.05, 3.63) is 15.8 Å². The van der Waals surface area contributed by atoms with E-state index in [4.69, 9.17) is 5.11 Å². The SMILES string of the molecule is Cc1nc(NCCO)nc(N(C)C)c1[N+](=O)[O-]. The van der Waals surface area contributed by atoms with Crippen LogP contribution in [0.4, 0.5) is 17.5 Å². The molecular formula is C9H15N5O3. The van der Waals surface area contributed by atoms with Gasteiger partial charge in [-0.1, -0.05) is 0 Å². The Hall–Kier alpha value is -1.96. The molecule has 0 aliphatic carbocycles. The van der Waals surface area contributed by atoms with E-state index in [0.29, 0.717) is 6.54 Å². The van der Waals surface area contributed by atoms with Crippen LogP contribution in [0, 0.1) is 17.0 Å².